The number of nitrogen functional groups attached to an aromatic ring is 1. The number of hydrogen-bond donors (Lipinski definition) is 1. The summed E-state index contributed by atoms with van der Waals surface area (Å²) in [4.78, 5) is 11.9. The lowest BCUT2D eigenvalue weighted by atomic mass is 10.5. The van der Waals surface area contributed by atoms with Crippen LogP contribution in [0.3, 0.4) is 0 Å². The number of aromatic nitrogens is 4. The van der Waals surface area contributed by atoms with Gasteiger partial charge in [0.25, 0.3) is 0 Å². The SMILES string of the molecule is CC(Cl)n1cnc2c(N)ncnc21. The van der Waals surface area contributed by atoms with Gasteiger partial charge in [-0.15, -0.1) is 0 Å². The van der Waals surface area contributed by atoms with E-state index < -0.39 is 0 Å². The number of fused-ring (bicyclic) bond motifs is 1. The van der Waals surface area contributed by atoms with Crippen molar-refractivity contribution in [2.24, 2.45) is 0 Å². The van der Waals surface area contributed by atoms with Crippen LogP contribution in [-0.2, 0) is 0 Å². The summed E-state index contributed by atoms with van der Waals surface area (Å²) in [7, 11) is 0. The first-order valence-corrected chi connectivity index (χ1v) is 4.21. The maximum atomic E-state index is 5.90. The predicted molar refractivity (Wildman–Crippen MR) is 50.3 cm³/mol. The van der Waals surface area contributed by atoms with Gasteiger partial charge in [-0.2, -0.15) is 0 Å². The number of imidazole rings is 1. The smallest absolute Gasteiger partial charge is 0.166 e. The lowest BCUT2D eigenvalue weighted by Crippen LogP contribution is -1.99. The van der Waals surface area contributed by atoms with E-state index in [2.05, 4.69) is 15.0 Å². The number of hydrogen-bond acceptors (Lipinski definition) is 4. The molecular weight excluding hydrogens is 190 g/mol. The van der Waals surface area contributed by atoms with Crippen LogP contribution >= 0.6 is 11.6 Å². The van der Waals surface area contributed by atoms with Crippen LogP contribution in [0.15, 0.2) is 12.7 Å². The monoisotopic (exact) mass is 197 g/mol. The van der Waals surface area contributed by atoms with Gasteiger partial charge in [-0.05, 0) is 6.92 Å². The van der Waals surface area contributed by atoms with Crippen LogP contribution < -0.4 is 5.73 Å². The van der Waals surface area contributed by atoms with Gasteiger partial charge in [0.05, 0.1) is 6.33 Å². The zero-order chi connectivity index (χ0) is 9.42. The summed E-state index contributed by atoms with van der Waals surface area (Å²) in [6.45, 7) is 1.83. The molecule has 2 aromatic rings. The molecule has 0 aliphatic heterocycles. The van der Waals surface area contributed by atoms with Gasteiger partial charge in [0, 0.05) is 0 Å². The molecular formula is C7H8ClN5. The van der Waals surface area contributed by atoms with Gasteiger partial charge in [0.1, 0.15) is 17.3 Å². The number of nitrogens with two attached hydrogens (primary N) is 1. The Morgan fingerprint density at radius 1 is 1.46 bits per heavy atom. The van der Waals surface area contributed by atoms with Gasteiger partial charge in [-0.3, -0.25) is 4.57 Å². The highest BCUT2D eigenvalue weighted by Gasteiger charge is 2.09. The normalized spacial score (nSPS) is 13.4. The summed E-state index contributed by atoms with van der Waals surface area (Å²) in [5, 5.41) is 0. The Kier molecular flexibility index (Phi) is 1.81. The first-order valence-electron chi connectivity index (χ1n) is 3.77. The van der Waals surface area contributed by atoms with Crippen molar-refractivity contribution in [3.63, 3.8) is 0 Å². The third-order valence-electron chi connectivity index (χ3n) is 1.77. The minimum absolute atomic E-state index is 0.195. The summed E-state index contributed by atoms with van der Waals surface area (Å²) in [5.41, 5.74) is 6.66. The molecule has 0 radical (unpaired) electrons. The maximum Gasteiger partial charge on any atom is 0.166 e. The average molecular weight is 198 g/mol. The van der Waals surface area contributed by atoms with Gasteiger partial charge in [-0.1, -0.05) is 11.6 Å². The fourth-order valence-corrected chi connectivity index (χ4v) is 1.27. The lowest BCUT2D eigenvalue weighted by Gasteiger charge is -2.03. The highest BCUT2D eigenvalue weighted by Crippen LogP contribution is 2.19. The molecule has 2 rings (SSSR count). The summed E-state index contributed by atoms with van der Waals surface area (Å²) in [5.74, 6) is 0.376. The molecule has 0 bridgehead atoms. The Bertz CT molecular complexity index is 435. The maximum absolute atomic E-state index is 5.90. The minimum Gasteiger partial charge on any atom is -0.382 e. The molecule has 2 N–H and O–H groups in total. The lowest BCUT2D eigenvalue weighted by molar-refractivity contribution is 0.743. The molecule has 0 fully saturated rings. The van der Waals surface area contributed by atoms with Crippen molar-refractivity contribution in [1.82, 2.24) is 19.5 Å². The first kappa shape index (κ1) is 8.25. The number of halogens is 1. The van der Waals surface area contributed by atoms with Gasteiger partial charge in [0.15, 0.2) is 11.5 Å². The third-order valence-corrected chi connectivity index (χ3v) is 1.98. The van der Waals surface area contributed by atoms with Crippen molar-refractivity contribution in [3.8, 4) is 0 Å². The van der Waals surface area contributed by atoms with E-state index in [0.717, 1.165) is 0 Å². The molecule has 68 valence electrons. The predicted octanol–water partition coefficient (Wildman–Crippen LogP) is 1.17. The standard InChI is InChI=1S/C7H8ClN5/c1-4(8)13-3-12-5-6(9)10-2-11-7(5)13/h2-4H,1H3,(H2,9,10,11). The van der Waals surface area contributed by atoms with Crippen LogP contribution in [0, 0.1) is 0 Å². The summed E-state index contributed by atoms with van der Waals surface area (Å²) < 4.78 is 1.73. The summed E-state index contributed by atoms with van der Waals surface area (Å²) >= 11 is 5.90. The molecule has 0 aliphatic carbocycles. The molecule has 0 aliphatic rings. The zero-order valence-corrected chi connectivity index (χ0v) is 7.73. The first-order chi connectivity index (χ1) is 6.20. The number of alkyl halides is 1. The van der Waals surface area contributed by atoms with Gasteiger partial charge < -0.3 is 5.73 Å². The minimum atomic E-state index is -0.195. The molecule has 2 heterocycles. The second-order valence-corrected chi connectivity index (χ2v) is 3.29. The van der Waals surface area contributed by atoms with Crippen LogP contribution in [0.25, 0.3) is 11.2 Å². The van der Waals surface area contributed by atoms with Crippen LogP contribution in [0.5, 0.6) is 0 Å². The molecule has 2 aromatic heterocycles. The van der Waals surface area contributed by atoms with E-state index in [4.69, 9.17) is 17.3 Å². The van der Waals surface area contributed by atoms with Crippen LogP contribution in [0.1, 0.15) is 12.4 Å². The molecule has 1 atom stereocenters. The molecule has 0 aromatic carbocycles. The molecule has 0 spiro atoms. The second kappa shape index (κ2) is 2.85. The van der Waals surface area contributed by atoms with Gasteiger partial charge >= 0.3 is 0 Å². The fraction of sp³-hybridized carbons (Fsp3) is 0.286. The zero-order valence-electron chi connectivity index (χ0n) is 6.98. The molecule has 6 heteroatoms. The Morgan fingerprint density at radius 3 is 2.92 bits per heavy atom. The number of anilines is 1. The Hall–Kier alpha value is -1.36. The Labute approximate surface area is 79.6 Å². The van der Waals surface area contributed by atoms with Gasteiger partial charge in [0.2, 0.25) is 0 Å². The highest BCUT2D eigenvalue weighted by atomic mass is 35.5. The molecule has 0 saturated carbocycles. The van der Waals surface area contributed by atoms with Crippen molar-refractivity contribution in [3.05, 3.63) is 12.7 Å². The van der Waals surface area contributed by atoms with Crippen molar-refractivity contribution in [2.45, 2.75) is 12.4 Å². The molecule has 13 heavy (non-hydrogen) atoms. The van der Waals surface area contributed by atoms with Crippen molar-refractivity contribution in [2.75, 3.05) is 5.73 Å². The quantitative estimate of drug-likeness (QED) is 0.697. The van der Waals surface area contributed by atoms with E-state index in [-0.39, 0.29) is 5.50 Å². The van der Waals surface area contributed by atoms with Crippen LogP contribution in [-0.4, -0.2) is 19.5 Å². The highest BCUT2D eigenvalue weighted by molar-refractivity contribution is 6.19. The third kappa shape index (κ3) is 1.21. The summed E-state index contributed by atoms with van der Waals surface area (Å²) in [6, 6.07) is 0. The summed E-state index contributed by atoms with van der Waals surface area (Å²) in [6.07, 6.45) is 3.00. The molecule has 0 amide bonds. The van der Waals surface area contributed by atoms with Gasteiger partial charge in [-0.25, -0.2) is 15.0 Å². The van der Waals surface area contributed by atoms with Crippen molar-refractivity contribution >= 4 is 28.6 Å². The molecule has 1 unspecified atom stereocenters. The largest absolute Gasteiger partial charge is 0.382 e. The van der Waals surface area contributed by atoms with E-state index in [1.54, 1.807) is 10.9 Å². The van der Waals surface area contributed by atoms with Crippen LogP contribution in [0.4, 0.5) is 5.82 Å². The molecule has 5 nitrogen and oxygen atoms in total. The van der Waals surface area contributed by atoms with E-state index in [1.165, 1.54) is 6.33 Å². The van der Waals surface area contributed by atoms with Crippen molar-refractivity contribution < 1.29 is 0 Å². The molecule has 0 saturated heterocycles. The fourth-order valence-electron chi connectivity index (χ4n) is 1.13. The number of rotatable bonds is 1. The Balaban J connectivity index is 2.75. The Morgan fingerprint density at radius 2 is 2.23 bits per heavy atom. The van der Waals surface area contributed by atoms with Crippen LogP contribution in [0.2, 0.25) is 0 Å². The van der Waals surface area contributed by atoms with Crippen molar-refractivity contribution in [1.29, 1.82) is 0 Å². The van der Waals surface area contributed by atoms with E-state index >= 15 is 0 Å². The topological polar surface area (TPSA) is 69.6 Å². The van der Waals surface area contributed by atoms with E-state index in [0.29, 0.717) is 17.0 Å². The second-order valence-electron chi connectivity index (χ2n) is 2.66. The number of nitrogens with zero attached hydrogens (tertiary/aromatic N) is 4. The average Bonchev–Trinajstić information content (AvgIpc) is 2.48. The van der Waals surface area contributed by atoms with E-state index in [9.17, 15) is 0 Å². The van der Waals surface area contributed by atoms with E-state index in [1.807, 2.05) is 6.92 Å².